The molecule has 0 radical (unpaired) electrons. The van der Waals surface area contributed by atoms with E-state index in [4.69, 9.17) is 66.0 Å². The molecule has 43 heavy (non-hydrogen) atoms. The van der Waals surface area contributed by atoms with E-state index in [9.17, 15) is 19.2 Å². The monoisotopic (exact) mass is 626 g/mol. The van der Waals surface area contributed by atoms with Gasteiger partial charge in [-0.2, -0.15) is 0 Å². The third-order valence-electron chi connectivity index (χ3n) is 4.92. The lowest BCUT2D eigenvalue weighted by Crippen LogP contribution is -2.49. The molecule has 19 nitrogen and oxygen atoms in total. The summed E-state index contributed by atoms with van der Waals surface area (Å²) in [6.07, 6.45) is -9.79. The van der Waals surface area contributed by atoms with Crippen molar-refractivity contribution in [2.45, 2.75) is 62.2 Å². The third kappa shape index (κ3) is 16.4. The Hall–Kier alpha value is -3.79. The van der Waals surface area contributed by atoms with E-state index in [-0.39, 0.29) is 0 Å². The number of nitrogens with zero attached hydrogens (tertiary/aromatic N) is 1. The molecule has 1 heterocycles. The Morgan fingerprint density at radius 2 is 1.12 bits per heavy atom. The van der Waals surface area contributed by atoms with E-state index in [0.717, 1.165) is 24.3 Å². The normalized spacial score (nSPS) is 16.4. The molecule has 0 aliphatic carbocycles. The average molecular weight is 627 g/mol. The van der Waals surface area contributed by atoms with E-state index in [1.807, 2.05) is 26.2 Å². The first-order valence-electron chi connectivity index (χ1n) is 12.2. The van der Waals surface area contributed by atoms with E-state index in [1.54, 1.807) is 6.20 Å². The Labute approximate surface area is 244 Å². The summed E-state index contributed by atoms with van der Waals surface area (Å²) >= 11 is 0. The van der Waals surface area contributed by atoms with E-state index in [2.05, 4.69) is 22.5 Å². The third-order valence-corrected chi connectivity index (χ3v) is 4.92. The Bertz CT molecular complexity index is 927. The summed E-state index contributed by atoms with van der Waals surface area (Å²) < 4.78 is 5.37. The van der Waals surface area contributed by atoms with Crippen LogP contribution in [0.25, 0.3) is 6.08 Å². The maximum absolute atomic E-state index is 10.1. The van der Waals surface area contributed by atoms with Crippen molar-refractivity contribution >= 4 is 30.0 Å². The van der Waals surface area contributed by atoms with Crippen LogP contribution in [-0.4, -0.2) is 159 Å². The fraction of sp³-hybridized carbons (Fsp3) is 0.542. The van der Waals surface area contributed by atoms with E-state index >= 15 is 0 Å². The van der Waals surface area contributed by atoms with Gasteiger partial charge in [-0.1, -0.05) is 12.2 Å². The van der Waals surface area contributed by atoms with E-state index in [0.29, 0.717) is 6.61 Å². The molecule has 0 saturated heterocycles. The van der Waals surface area contributed by atoms with Gasteiger partial charge in [0.25, 0.3) is 0 Å². The number of hydrogen-bond donors (Lipinski definition) is 13. The molecule has 0 saturated carbocycles. The van der Waals surface area contributed by atoms with Crippen molar-refractivity contribution in [2.24, 2.45) is 0 Å². The molecule has 1 rings (SSSR count). The molecule has 1 aromatic rings. The maximum atomic E-state index is 10.1. The number of aromatic nitrogens is 1. The molecule has 0 aliphatic rings. The van der Waals surface area contributed by atoms with E-state index < -0.39 is 72.7 Å². The number of carbonyl (C=O) groups is 4. The van der Waals surface area contributed by atoms with Crippen molar-refractivity contribution < 1.29 is 85.2 Å². The van der Waals surface area contributed by atoms with Gasteiger partial charge in [-0.05, 0) is 38.6 Å². The van der Waals surface area contributed by atoms with Gasteiger partial charge in [-0.15, -0.1) is 0 Å². The van der Waals surface area contributed by atoms with Crippen molar-refractivity contribution in [2.75, 3.05) is 20.2 Å². The molecule has 0 spiro atoms. The minimum absolute atomic E-state index is 0.675. The van der Waals surface area contributed by atoms with E-state index in [1.165, 1.54) is 0 Å². The molecule has 0 unspecified atom stereocenters. The maximum Gasteiger partial charge on any atom is 0.335 e. The van der Waals surface area contributed by atoms with Crippen LogP contribution in [0.4, 0.5) is 0 Å². The van der Waals surface area contributed by atoms with Gasteiger partial charge in [0.2, 0.25) is 0 Å². The number of rotatable bonds is 16. The predicted octanol–water partition coefficient (Wildman–Crippen LogP) is -4.70. The van der Waals surface area contributed by atoms with Crippen LogP contribution in [0.5, 0.6) is 5.75 Å². The number of aliphatic hydroxyl groups excluding tert-OH is 8. The fourth-order valence-electron chi connectivity index (χ4n) is 2.55. The van der Waals surface area contributed by atoms with Gasteiger partial charge in [-0.3, -0.25) is 4.98 Å². The summed E-state index contributed by atoms with van der Waals surface area (Å²) in [6, 6.07) is 1.99. The first-order chi connectivity index (χ1) is 19.9. The van der Waals surface area contributed by atoms with Crippen molar-refractivity contribution in [1.82, 2.24) is 10.3 Å². The Morgan fingerprint density at radius 3 is 1.42 bits per heavy atom. The lowest BCUT2D eigenvalue weighted by Gasteiger charge is -2.21. The van der Waals surface area contributed by atoms with Crippen molar-refractivity contribution in [3.05, 3.63) is 30.1 Å². The van der Waals surface area contributed by atoms with Gasteiger partial charge in [0.15, 0.2) is 24.4 Å². The summed E-state index contributed by atoms with van der Waals surface area (Å²) in [4.78, 5) is 44.5. The zero-order valence-corrected chi connectivity index (χ0v) is 23.0. The van der Waals surface area contributed by atoms with Gasteiger partial charge >= 0.3 is 23.9 Å². The van der Waals surface area contributed by atoms with Gasteiger partial charge < -0.3 is 71.3 Å². The Morgan fingerprint density at radius 1 is 0.744 bits per heavy atom. The van der Waals surface area contributed by atoms with Crippen molar-refractivity contribution in [3.8, 4) is 5.75 Å². The highest BCUT2D eigenvalue weighted by atomic mass is 16.5. The first kappa shape index (κ1) is 41.3. The van der Waals surface area contributed by atoms with Crippen LogP contribution >= 0.6 is 0 Å². The molecular formula is C24H38N2O17. The second kappa shape index (κ2) is 21.8. The first-order valence-corrected chi connectivity index (χ1v) is 12.2. The Kier molecular flexibility index (Phi) is 21.0. The quantitative estimate of drug-likeness (QED) is 0.0766. The minimum atomic E-state index is -2.36. The molecule has 0 amide bonds. The van der Waals surface area contributed by atoms with Crippen LogP contribution in [0.3, 0.4) is 0 Å². The Balaban J connectivity index is 0. The van der Waals surface area contributed by atoms with Gasteiger partial charge in [-0.25, -0.2) is 19.2 Å². The van der Waals surface area contributed by atoms with Crippen LogP contribution in [0.1, 0.15) is 18.9 Å². The highest BCUT2D eigenvalue weighted by molar-refractivity contribution is 5.75. The summed E-state index contributed by atoms with van der Waals surface area (Å²) in [6.45, 7) is 3.64. The molecule has 0 bridgehead atoms. The number of aliphatic hydroxyl groups is 8. The topological polar surface area (TPSA) is 345 Å². The molecule has 0 aliphatic heterocycles. The highest BCUT2D eigenvalue weighted by Gasteiger charge is 2.38. The standard InChI is InChI=1S/C12H18N2O.2C6H10O8/c1-3-15-12-8-11(9-14-10-12)6-4-5-7-13-2;2*7-1(3(9)5(11)12)2(8)4(10)6(13)14/h4,6,8-10,13H,3,5,7H2,1-2H3;2*1-4,7-10H,(H,11,12)(H,13,14)/b6-4+;;/t;2*1-,2-,3-,4+/m.00/s1. The number of aliphatic carboxylic acids is 4. The lowest BCUT2D eigenvalue weighted by atomic mass is 10.0. The second-order valence-corrected chi connectivity index (χ2v) is 8.28. The number of nitrogens with one attached hydrogen (secondary N) is 1. The summed E-state index contributed by atoms with van der Waals surface area (Å²) in [5.74, 6) is -6.53. The number of pyridine rings is 1. The average Bonchev–Trinajstić information content (AvgIpc) is 2.96. The molecule has 0 aromatic carbocycles. The van der Waals surface area contributed by atoms with Crippen LogP contribution in [0.2, 0.25) is 0 Å². The van der Waals surface area contributed by atoms with Gasteiger partial charge in [0.05, 0.1) is 12.8 Å². The van der Waals surface area contributed by atoms with Crippen LogP contribution in [0.15, 0.2) is 24.5 Å². The predicted molar refractivity (Wildman–Crippen MR) is 142 cm³/mol. The SMILES string of the molecule is CCOc1cncc(/C=C/CCNC)c1.O=C(O)[C@@H](O)[C@@H](O)[C@H](O)[C@@H](O)C(=O)O.O=C(O)[C@@H](O)[C@@H](O)[C@H](O)[C@@H](O)C(=O)O. The molecule has 246 valence electrons. The number of carboxylic acid groups (broad SMARTS) is 4. The highest BCUT2D eigenvalue weighted by Crippen LogP contribution is 2.12. The van der Waals surface area contributed by atoms with Crippen LogP contribution in [-0.2, 0) is 19.2 Å². The molecule has 13 N–H and O–H groups in total. The summed E-state index contributed by atoms with van der Waals surface area (Å²) in [5, 5.41) is 106. The molecule has 8 atom stereocenters. The fourth-order valence-corrected chi connectivity index (χ4v) is 2.55. The second-order valence-electron chi connectivity index (χ2n) is 8.28. The van der Waals surface area contributed by atoms with Crippen LogP contribution < -0.4 is 10.1 Å². The number of hydrogen-bond acceptors (Lipinski definition) is 15. The molecular weight excluding hydrogens is 588 g/mol. The zero-order valence-electron chi connectivity index (χ0n) is 23.0. The van der Waals surface area contributed by atoms with Gasteiger partial charge in [0, 0.05) is 6.20 Å². The zero-order chi connectivity index (χ0) is 33.9. The molecule has 19 heteroatoms. The van der Waals surface area contributed by atoms with Gasteiger partial charge in [0.1, 0.15) is 30.2 Å². The molecule has 1 aromatic heterocycles. The number of carboxylic acids is 4. The molecule has 0 fully saturated rings. The van der Waals surface area contributed by atoms with Crippen molar-refractivity contribution in [1.29, 1.82) is 0 Å². The summed E-state index contributed by atoms with van der Waals surface area (Å²) in [7, 11) is 1.95. The minimum Gasteiger partial charge on any atom is -0.492 e. The van der Waals surface area contributed by atoms with Crippen molar-refractivity contribution in [3.63, 3.8) is 0 Å². The van der Waals surface area contributed by atoms with Crippen LogP contribution in [0, 0.1) is 0 Å². The summed E-state index contributed by atoms with van der Waals surface area (Å²) in [5.41, 5.74) is 1.08. The largest absolute Gasteiger partial charge is 0.492 e. The number of ether oxygens (including phenoxy) is 1. The lowest BCUT2D eigenvalue weighted by molar-refractivity contribution is -0.172. The smallest absolute Gasteiger partial charge is 0.335 e.